The van der Waals surface area contributed by atoms with Crippen LogP contribution in [0.1, 0.15) is 5.56 Å². The largest absolute Gasteiger partial charge is 0.305 e. The fraction of sp³-hybridized carbons (Fsp3) is 0.273. The highest BCUT2D eigenvalue weighted by atomic mass is 32.2. The van der Waals surface area contributed by atoms with Gasteiger partial charge in [0.2, 0.25) is 0 Å². The maximum atomic E-state index is 11.2. The Kier molecular flexibility index (Phi) is 3.44. The number of nitro benzene ring substituents is 1. The second kappa shape index (κ2) is 4.87. The van der Waals surface area contributed by atoms with E-state index in [4.69, 9.17) is 0 Å². The summed E-state index contributed by atoms with van der Waals surface area (Å²) < 4.78 is 22.4. The molecule has 1 unspecified atom stereocenters. The first-order chi connectivity index (χ1) is 8.48. The van der Waals surface area contributed by atoms with Crippen LogP contribution in [0.5, 0.6) is 0 Å². The van der Waals surface area contributed by atoms with E-state index >= 15 is 0 Å². The normalized spacial score (nSPS) is 21.0. The lowest BCUT2D eigenvalue weighted by Crippen LogP contribution is -2.29. The number of nitrogens with one attached hydrogen (secondary N) is 1. The average Bonchev–Trinajstić information content (AvgIpc) is 2.66. The molecule has 18 heavy (non-hydrogen) atoms. The maximum Gasteiger partial charge on any atom is 0.273 e. The Morgan fingerprint density at radius 1 is 1.39 bits per heavy atom. The summed E-state index contributed by atoms with van der Waals surface area (Å²) in [6.07, 6.45) is 1.56. The molecule has 0 aliphatic carbocycles. The molecule has 1 N–H and O–H groups in total. The van der Waals surface area contributed by atoms with Gasteiger partial charge in [-0.1, -0.05) is 24.3 Å². The molecule has 1 aliphatic heterocycles. The van der Waals surface area contributed by atoms with E-state index in [9.17, 15) is 18.5 Å². The molecule has 96 valence electrons. The van der Waals surface area contributed by atoms with Crippen molar-refractivity contribution in [3.63, 3.8) is 0 Å². The van der Waals surface area contributed by atoms with Crippen LogP contribution < -0.4 is 5.32 Å². The third-order valence-electron chi connectivity index (χ3n) is 2.67. The van der Waals surface area contributed by atoms with E-state index in [1.165, 1.54) is 11.5 Å². The predicted molar refractivity (Wildman–Crippen MR) is 66.7 cm³/mol. The zero-order chi connectivity index (χ0) is 13.2. The van der Waals surface area contributed by atoms with Crippen LogP contribution in [0.4, 0.5) is 5.69 Å². The highest BCUT2D eigenvalue weighted by Crippen LogP contribution is 2.18. The van der Waals surface area contributed by atoms with Crippen LogP contribution in [0, 0.1) is 10.1 Å². The van der Waals surface area contributed by atoms with Crippen molar-refractivity contribution < 1.29 is 13.3 Å². The summed E-state index contributed by atoms with van der Waals surface area (Å²) in [5, 5.41) is 14.9. The van der Waals surface area contributed by atoms with Crippen molar-refractivity contribution in [1.82, 2.24) is 5.32 Å². The van der Waals surface area contributed by atoms with E-state index < -0.39 is 14.8 Å². The van der Waals surface area contributed by atoms with Gasteiger partial charge in [-0.15, -0.1) is 0 Å². The Bertz CT molecular complexity index is 595. The van der Waals surface area contributed by atoms with E-state index in [2.05, 4.69) is 5.32 Å². The Hall–Kier alpha value is -1.73. The van der Waals surface area contributed by atoms with Crippen molar-refractivity contribution in [3.8, 4) is 0 Å². The SMILES string of the molecule is O=[N+]([O-])c1ccccc1CNC1C=CS(=O)(=O)C1. The molecule has 0 radical (unpaired) electrons. The molecular weight excluding hydrogens is 256 g/mol. The molecule has 0 fully saturated rings. The minimum absolute atomic E-state index is 0.00757. The van der Waals surface area contributed by atoms with Crippen LogP contribution in [-0.4, -0.2) is 25.1 Å². The number of hydrogen-bond donors (Lipinski definition) is 1. The summed E-state index contributed by atoms with van der Waals surface area (Å²) in [7, 11) is -3.10. The van der Waals surface area contributed by atoms with Crippen LogP contribution >= 0.6 is 0 Å². The van der Waals surface area contributed by atoms with Crippen molar-refractivity contribution in [2.24, 2.45) is 0 Å². The topological polar surface area (TPSA) is 89.3 Å². The quantitative estimate of drug-likeness (QED) is 0.650. The molecular formula is C11H12N2O4S. The van der Waals surface area contributed by atoms with E-state index in [0.717, 1.165) is 0 Å². The van der Waals surface area contributed by atoms with Gasteiger partial charge in [-0.3, -0.25) is 10.1 Å². The second-order valence-electron chi connectivity index (χ2n) is 4.03. The van der Waals surface area contributed by atoms with Crippen LogP contribution in [0.3, 0.4) is 0 Å². The van der Waals surface area contributed by atoms with Gasteiger partial charge in [0.15, 0.2) is 9.84 Å². The standard InChI is InChI=1S/C11H12N2O4S/c14-13(15)11-4-2-1-3-9(11)7-12-10-5-6-18(16,17)8-10/h1-6,10,12H,7-8H2. The van der Waals surface area contributed by atoms with E-state index in [1.54, 1.807) is 24.3 Å². The van der Waals surface area contributed by atoms with Crippen molar-refractivity contribution >= 4 is 15.5 Å². The Labute approximate surface area is 104 Å². The average molecular weight is 268 g/mol. The number of nitro groups is 1. The third kappa shape index (κ3) is 2.93. The highest BCUT2D eigenvalue weighted by molar-refractivity contribution is 7.94. The maximum absolute atomic E-state index is 11.2. The molecule has 0 saturated carbocycles. The number of benzene rings is 1. The fourth-order valence-corrected chi connectivity index (χ4v) is 3.05. The van der Waals surface area contributed by atoms with E-state index in [-0.39, 0.29) is 24.0 Å². The summed E-state index contributed by atoms with van der Waals surface area (Å²) in [6.45, 7) is 0.266. The van der Waals surface area contributed by atoms with Gasteiger partial charge >= 0.3 is 0 Å². The van der Waals surface area contributed by atoms with Crippen LogP contribution in [0.25, 0.3) is 0 Å². The monoisotopic (exact) mass is 268 g/mol. The number of nitrogens with zero attached hydrogens (tertiary/aromatic N) is 1. The van der Waals surface area contributed by atoms with Gasteiger partial charge < -0.3 is 5.32 Å². The Balaban J connectivity index is 2.04. The van der Waals surface area contributed by atoms with Gasteiger partial charge in [-0.25, -0.2) is 8.42 Å². The first-order valence-corrected chi connectivity index (χ1v) is 7.06. The molecule has 7 heteroatoms. The second-order valence-corrected chi connectivity index (χ2v) is 5.96. The molecule has 6 nitrogen and oxygen atoms in total. The number of rotatable bonds is 4. The molecule has 1 aromatic carbocycles. The molecule has 0 aromatic heterocycles. The lowest BCUT2D eigenvalue weighted by molar-refractivity contribution is -0.385. The Morgan fingerprint density at radius 2 is 2.11 bits per heavy atom. The van der Waals surface area contributed by atoms with Gasteiger partial charge in [0.25, 0.3) is 5.69 Å². The summed E-state index contributed by atoms with van der Waals surface area (Å²) in [4.78, 5) is 10.3. The molecule has 1 atom stereocenters. The van der Waals surface area contributed by atoms with E-state index in [1.807, 2.05) is 0 Å². The summed E-state index contributed by atoms with van der Waals surface area (Å²) in [5.74, 6) is 0.00757. The first-order valence-electron chi connectivity index (χ1n) is 5.34. The molecule has 0 amide bonds. The first kappa shape index (κ1) is 12.7. The zero-order valence-corrected chi connectivity index (χ0v) is 10.3. The molecule has 1 aromatic rings. The Morgan fingerprint density at radius 3 is 2.72 bits per heavy atom. The fourth-order valence-electron chi connectivity index (χ4n) is 1.78. The van der Waals surface area contributed by atoms with Crippen LogP contribution in [0.2, 0.25) is 0 Å². The van der Waals surface area contributed by atoms with Gasteiger partial charge in [0, 0.05) is 29.6 Å². The highest BCUT2D eigenvalue weighted by Gasteiger charge is 2.22. The molecule has 0 saturated heterocycles. The van der Waals surface area contributed by atoms with Crippen molar-refractivity contribution in [3.05, 3.63) is 51.4 Å². The third-order valence-corrected chi connectivity index (χ3v) is 4.07. The van der Waals surface area contributed by atoms with Crippen molar-refractivity contribution in [2.75, 3.05) is 5.75 Å². The molecule has 0 spiro atoms. The van der Waals surface area contributed by atoms with Crippen LogP contribution in [-0.2, 0) is 16.4 Å². The van der Waals surface area contributed by atoms with Gasteiger partial charge in [0.1, 0.15) is 0 Å². The summed E-state index contributed by atoms with van der Waals surface area (Å²) in [5.41, 5.74) is 0.579. The smallest absolute Gasteiger partial charge is 0.273 e. The lowest BCUT2D eigenvalue weighted by atomic mass is 10.1. The minimum atomic E-state index is -3.10. The molecule has 1 aliphatic rings. The summed E-state index contributed by atoms with van der Waals surface area (Å²) in [6, 6.07) is 6.11. The van der Waals surface area contributed by atoms with E-state index in [0.29, 0.717) is 5.56 Å². The number of hydrogen-bond acceptors (Lipinski definition) is 5. The van der Waals surface area contributed by atoms with Crippen molar-refractivity contribution in [1.29, 1.82) is 0 Å². The number of para-hydroxylation sites is 1. The zero-order valence-electron chi connectivity index (χ0n) is 9.44. The van der Waals surface area contributed by atoms with Crippen molar-refractivity contribution in [2.45, 2.75) is 12.6 Å². The number of sulfone groups is 1. The van der Waals surface area contributed by atoms with Crippen LogP contribution in [0.15, 0.2) is 35.7 Å². The summed E-state index contributed by atoms with van der Waals surface area (Å²) >= 11 is 0. The molecule has 0 bridgehead atoms. The molecule has 1 heterocycles. The predicted octanol–water partition coefficient (Wildman–Crippen LogP) is 0.995. The van der Waals surface area contributed by atoms with Gasteiger partial charge in [-0.05, 0) is 0 Å². The minimum Gasteiger partial charge on any atom is -0.305 e. The lowest BCUT2D eigenvalue weighted by Gasteiger charge is -2.09. The molecule has 2 rings (SSSR count). The van der Waals surface area contributed by atoms with Gasteiger partial charge in [0.05, 0.1) is 10.7 Å². The van der Waals surface area contributed by atoms with Gasteiger partial charge in [-0.2, -0.15) is 0 Å².